The average molecular weight is 442 g/mol. The predicted molar refractivity (Wildman–Crippen MR) is 108 cm³/mol. The van der Waals surface area contributed by atoms with Crippen molar-refractivity contribution in [3.63, 3.8) is 0 Å². The number of ether oxygens (including phenoxy) is 4. The predicted octanol–water partition coefficient (Wildman–Crippen LogP) is 2.44. The molecule has 3 saturated heterocycles. The third kappa shape index (κ3) is 3.60. The van der Waals surface area contributed by atoms with E-state index in [0.717, 1.165) is 32.1 Å². The SMILES string of the molecule is O=C(OC[C@@H]1C[C@@]2(COC(=O)C3CCCCC3)O[C@H]1C1C(=O)OC(=O)C12)c1ccccc1. The summed E-state index contributed by atoms with van der Waals surface area (Å²) < 4.78 is 22.2. The third-order valence-electron chi connectivity index (χ3n) is 7.29. The Hall–Kier alpha value is -2.74. The first-order chi connectivity index (χ1) is 15.5. The van der Waals surface area contributed by atoms with Crippen LogP contribution < -0.4 is 0 Å². The zero-order chi connectivity index (χ0) is 22.3. The first kappa shape index (κ1) is 21.1. The van der Waals surface area contributed by atoms with E-state index >= 15 is 0 Å². The number of hydrogen-bond donors (Lipinski definition) is 0. The summed E-state index contributed by atoms with van der Waals surface area (Å²) in [5.74, 6) is -3.97. The highest BCUT2D eigenvalue weighted by Crippen LogP contribution is 2.57. The van der Waals surface area contributed by atoms with E-state index in [9.17, 15) is 19.2 Å². The molecule has 3 heterocycles. The van der Waals surface area contributed by atoms with E-state index in [4.69, 9.17) is 18.9 Å². The van der Waals surface area contributed by atoms with Crippen molar-refractivity contribution >= 4 is 23.9 Å². The van der Waals surface area contributed by atoms with E-state index in [1.54, 1.807) is 24.3 Å². The Bertz CT molecular complexity index is 921. The molecule has 8 nitrogen and oxygen atoms in total. The van der Waals surface area contributed by atoms with E-state index in [2.05, 4.69) is 0 Å². The maximum atomic E-state index is 12.6. The second kappa shape index (κ2) is 8.31. The first-order valence-corrected chi connectivity index (χ1v) is 11.3. The van der Waals surface area contributed by atoms with Crippen molar-refractivity contribution in [2.24, 2.45) is 23.7 Å². The molecule has 4 fully saturated rings. The molecule has 0 N–H and O–H groups in total. The van der Waals surface area contributed by atoms with Crippen LogP contribution in [0.5, 0.6) is 0 Å². The van der Waals surface area contributed by atoms with Gasteiger partial charge in [0.2, 0.25) is 0 Å². The maximum absolute atomic E-state index is 12.6. The van der Waals surface area contributed by atoms with Gasteiger partial charge >= 0.3 is 23.9 Å². The first-order valence-electron chi connectivity index (χ1n) is 11.3. The lowest BCUT2D eigenvalue weighted by Gasteiger charge is -2.32. The zero-order valence-electron chi connectivity index (χ0n) is 17.7. The van der Waals surface area contributed by atoms with Crippen molar-refractivity contribution in [3.05, 3.63) is 35.9 Å². The van der Waals surface area contributed by atoms with Gasteiger partial charge in [-0.3, -0.25) is 14.4 Å². The summed E-state index contributed by atoms with van der Waals surface area (Å²) >= 11 is 0. The van der Waals surface area contributed by atoms with Crippen molar-refractivity contribution in [2.75, 3.05) is 13.2 Å². The number of benzene rings is 1. The minimum atomic E-state index is -1.12. The Morgan fingerprint density at radius 2 is 1.75 bits per heavy atom. The molecular formula is C24H26O8. The molecule has 2 unspecified atom stereocenters. The smallest absolute Gasteiger partial charge is 0.338 e. The average Bonchev–Trinajstić information content (AvgIpc) is 3.46. The fourth-order valence-electron chi connectivity index (χ4n) is 5.75. The van der Waals surface area contributed by atoms with Gasteiger partial charge in [0.1, 0.15) is 24.0 Å². The summed E-state index contributed by atoms with van der Waals surface area (Å²) in [6, 6.07) is 8.63. The molecule has 1 aliphatic carbocycles. The molecule has 5 atom stereocenters. The lowest BCUT2D eigenvalue weighted by molar-refractivity contribution is -0.168. The summed E-state index contributed by atoms with van der Waals surface area (Å²) in [4.78, 5) is 49.7. The van der Waals surface area contributed by atoms with Crippen LogP contribution in [0.2, 0.25) is 0 Å². The van der Waals surface area contributed by atoms with Gasteiger partial charge in [-0.2, -0.15) is 0 Å². The molecule has 2 bridgehead atoms. The summed E-state index contributed by atoms with van der Waals surface area (Å²) in [5, 5.41) is 0. The Morgan fingerprint density at radius 1 is 1.00 bits per heavy atom. The molecule has 3 aliphatic heterocycles. The molecular weight excluding hydrogens is 416 g/mol. The summed E-state index contributed by atoms with van der Waals surface area (Å²) in [6.07, 6.45) is 4.48. The molecule has 0 aromatic heterocycles. The minimum absolute atomic E-state index is 0.0431. The molecule has 8 heteroatoms. The largest absolute Gasteiger partial charge is 0.462 e. The quantitative estimate of drug-likeness (QED) is 0.376. The molecule has 0 spiro atoms. The van der Waals surface area contributed by atoms with Crippen molar-refractivity contribution in [1.82, 2.24) is 0 Å². The molecule has 32 heavy (non-hydrogen) atoms. The van der Waals surface area contributed by atoms with Gasteiger partial charge in [0.25, 0.3) is 0 Å². The van der Waals surface area contributed by atoms with Crippen LogP contribution in [0.15, 0.2) is 30.3 Å². The van der Waals surface area contributed by atoms with E-state index in [0.29, 0.717) is 12.0 Å². The maximum Gasteiger partial charge on any atom is 0.338 e. The van der Waals surface area contributed by atoms with Gasteiger partial charge in [-0.05, 0) is 31.4 Å². The number of fused-ring (bicyclic) bond motifs is 5. The topological polar surface area (TPSA) is 105 Å². The van der Waals surface area contributed by atoms with Crippen molar-refractivity contribution in [1.29, 1.82) is 0 Å². The molecule has 0 radical (unpaired) electrons. The van der Waals surface area contributed by atoms with Crippen molar-refractivity contribution < 1.29 is 38.1 Å². The van der Waals surface area contributed by atoms with Gasteiger partial charge in [-0.1, -0.05) is 37.5 Å². The fourth-order valence-corrected chi connectivity index (χ4v) is 5.75. The standard InChI is InChI=1S/C24H26O8/c25-20(14-7-3-1-4-8-14)29-12-16-11-24(13-30-21(26)15-9-5-2-6-10-15)18-17(19(16)32-24)22(27)31-23(18)28/h1,3-4,7-8,15-19H,2,5-6,9-13H2/t16-,17?,18?,19+,24-/m0/s1. The number of esters is 4. The van der Waals surface area contributed by atoms with E-state index in [1.807, 2.05) is 6.07 Å². The number of carbonyl (C=O) groups is 4. The highest BCUT2D eigenvalue weighted by Gasteiger charge is 2.72. The van der Waals surface area contributed by atoms with E-state index in [-0.39, 0.29) is 31.0 Å². The van der Waals surface area contributed by atoms with Crippen molar-refractivity contribution in [3.8, 4) is 0 Å². The van der Waals surface area contributed by atoms with Gasteiger partial charge in [0.15, 0.2) is 0 Å². The van der Waals surface area contributed by atoms with Crippen LogP contribution in [0.4, 0.5) is 0 Å². The molecule has 4 aliphatic rings. The molecule has 1 aromatic carbocycles. The van der Waals surface area contributed by atoms with Gasteiger partial charge in [-0.15, -0.1) is 0 Å². The minimum Gasteiger partial charge on any atom is -0.462 e. The number of hydrogen-bond acceptors (Lipinski definition) is 8. The van der Waals surface area contributed by atoms with E-state index < -0.39 is 41.4 Å². The highest BCUT2D eigenvalue weighted by atomic mass is 16.6. The summed E-state index contributed by atoms with van der Waals surface area (Å²) in [6.45, 7) is -0.0626. The van der Waals surface area contributed by atoms with Crippen LogP contribution in [0.1, 0.15) is 48.9 Å². The lowest BCUT2D eigenvalue weighted by atomic mass is 9.69. The van der Waals surface area contributed by atoms with E-state index in [1.165, 1.54) is 0 Å². The van der Waals surface area contributed by atoms with Crippen LogP contribution >= 0.6 is 0 Å². The Kier molecular flexibility index (Phi) is 5.49. The van der Waals surface area contributed by atoms with Crippen molar-refractivity contribution in [2.45, 2.75) is 50.2 Å². The van der Waals surface area contributed by atoms with Gasteiger partial charge in [0, 0.05) is 5.92 Å². The zero-order valence-corrected chi connectivity index (χ0v) is 17.7. The summed E-state index contributed by atoms with van der Waals surface area (Å²) in [5.41, 5.74) is -0.687. The second-order valence-corrected chi connectivity index (χ2v) is 9.26. The molecule has 170 valence electrons. The number of cyclic esters (lactones) is 2. The van der Waals surface area contributed by atoms with Gasteiger partial charge in [0.05, 0.1) is 24.2 Å². The molecule has 0 amide bonds. The van der Waals surface area contributed by atoms with Crippen LogP contribution in [0.25, 0.3) is 0 Å². The van der Waals surface area contributed by atoms with Gasteiger partial charge in [-0.25, -0.2) is 4.79 Å². The van der Waals surface area contributed by atoms with Crippen LogP contribution in [-0.4, -0.2) is 48.8 Å². The number of rotatable bonds is 6. The van der Waals surface area contributed by atoms with Crippen LogP contribution in [0.3, 0.4) is 0 Å². The third-order valence-corrected chi connectivity index (χ3v) is 7.29. The molecule has 1 aromatic rings. The Morgan fingerprint density at radius 3 is 2.50 bits per heavy atom. The monoisotopic (exact) mass is 442 g/mol. The number of carbonyl (C=O) groups excluding carboxylic acids is 4. The normalized spacial score (nSPS) is 33.6. The van der Waals surface area contributed by atoms with Gasteiger partial charge < -0.3 is 18.9 Å². The molecule has 5 rings (SSSR count). The van der Waals surface area contributed by atoms with Crippen LogP contribution in [-0.2, 0) is 33.3 Å². The highest BCUT2D eigenvalue weighted by molar-refractivity contribution is 5.98. The summed E-state index contributed by atoms with van der Waals surface area (Å²) in [7, 11) is 0. The molecule has 1 saturated carbocycles. The Labute approximate surface area is 185 Å². The fraction of sp³-hybridized carbons (Fsp3) is 0.583. The second-order valence-electron chi connectivity index (χ2n) is 9.26. The van der Waals surface area contributed by atoms with Crippen LogP contribution in [0, 0.1) is 23.7 Å². The lowest BCUT2D eigenvalue weighted by Crippen LogP contribution is -2.47. The Balaban J connectivity index is 1.28.